The van der Waals surface area contributed by atoms with E-state index in [1.54, 1.807) is 4.40 Å². The molecule has 3 rings (SSSR count). The molecule has 4 nitrogen and oxygen atoms in total. The topological polar surface area (TPSA) is 54.6 Å². The van der Waals surface area contributed by atoms with E-state index in [4.69, 9.17) is 5.11 Å². The van der Waals surface area contributed by atoms with Gasteiger partial charge in [-0.25, -0.2) is 9.78 Å². The van der Waals surface area contributed by atoms with Gasteiger partial charge in [-0.05, 0) is 23.9 Å². The van der Waals surface area contributed by atoms with E-state index >= 15 is 0 Å². The Hall–Kier alpha value is -2.36. The first-order chi connectivity index (χ1) is 8.16. The molecule has 0 saturated carbocycles. The van der Waals surface area contributed by atoms with Crippen LogP contribution in [0.4, 0.5) is 0 Å². The summed E-state index contributed by atoms with van der Waals surface area (Å²) in [6, 6.07) is 7.94. The zero-order valence-corrected chi connectivity index (χ0v) is 9.21. The minimum Gasteiger partial charge on any atom is -0.476 e. The average molecular weight is 226 g/mol. The minimum absolute atomic E-state index is 0.0701. The number of hydrogen-bond acceptors (Lipinski definition) is 2. The Bertz CT molecular complexity index is 744. The number of carbonyl (C=O) groups is 1. The molecule has 0 unspecified atom stereocenters. The molecule has 0 saturated heterocycles. The molecule has 0 bridgehead atoms. The Balaban J connectivity index is 2.50. The first kappa shape index (κ1) is 9.84. The smallest absolute Gasteiger partial charge is 0.356 e. The summed E-state index contributed by atoms with van der Waals surface area (Å²) < 4.78 is 1.75. The number of pyridine rings is 1. The van der Waals surface area contributed by atoms with Crippen LogP contribution in [0.15, 0.2) is 36.7 Å². The van der Waals surface area contributed by atoms with Crippen LogP contribution in [-0.2, 0) is 0 Å². The standard InChI is InChI=1S/C13H10N2O2/c1-8-3-2-4-9-5-6-15-7-10(13(16)17)14-12(15)11(8)9/h2-7H,1H3,(H,16,17). The second-order valence-corrected chi connectivity index (χ2v) is 4.02. The van der Waals surface area contributed by atoms with Gasteiger partial charge in [0.25, 0.3) is 0 Å². The molecule has 0 aliphatic carbocycles. The highest BCUT2D eigenvalue weighted by Crippen LogP contribution is 2.23. The summed E-state index contributed by atoms with van der Waals surface area (Å²) >= 11 is 0. The van der Waals surface area contributed by atoms with Crippen LogP contribution in [-0.4, -0.2) is 20.5 Å². The Morgan fingerprint density at radius 3 is 2.94 bits per heavy atom. The largest absolute Gasteiger partial charge is 0.476 e. The van der Waals surface area contributed by atoms with Crippen LogP contribution < -0.4 is 0 Å². The van der Waals surface area contributed by atoms with Gasteiger partial charge in [0.2, 0.25) is 0 Å². The molecular weight excluding hydrogens is 216 g/mol. The molecule has 0 fully saturated rings. The van der Waals surface area contributed by atoms with Gasteiger partial charge in [0.05, 0.1) is 0 Å². The maximum absolute atomic E-state index is 10.9. The zero-order chi connectivity index (χ0) is 12.0. The highest BCUT2D eigenvalue weighted by Gasteiger charge is 2.11. The van der Waals surface area contributed by atoms with Crippen molar-refractivity contribution < 1.29 is 9.90 Å². The van der Waals surface area contributed by atoms with E-state index in [9.17, 15) is 4.79 Å². The molecule has 2 heterocycles. The highest BCUT2D eigenvalue weighted by molar-refractivity contribution is 5.98. The average Bonchev–Trinajstić information content (AvgIpc) is 2.73. The number of fused-ring (bicyclic) bond motifs is 3. The third-order valence-corrected chi connectivity index (χ3v) is 2.89. The molecule has 1 aromatic carbocycles. The zero-order valence-electron chi connectivity index (χ0n) is 9.21. The maximum atomic E-state index is 10.9. The Morgan fingerprint density at radius 1 is 1.35 bits per heavy atom. The normalized spacial score (nSPS) is 11.1. The third-order valence-electron chi connectivity index (χ3n) is 2.89. The van der Waals surface area contributed by atoms with Crippen molar-refractivity contribution in [1.29, 1.82) is 0 Å². The second-order valence-electron chi connectivity index (χ2n) is 4.02. The number of aromatic carboxylic acids is 1. The molecular formula is C13H10N2O2. The first-order valence-corrected chi connectivity index (χ1v) is 5.27. The van der Waals surface area contributed by atoms with Gasteiger partial charge in [-0.15, -0.1) is 0 Å². The van der Waals surface area contributed by atoms with E-state index in [0.29, 0.717) is 5.65 Å². The molecule has 0 atom stereocenters. The Kier molecular flexibility index (Phi) is 1.92. The molecule has 0 aliphatic heterocycles. The molecule has 3 aromatic rings. The minimum atomic E-state index is -1.00. The van der Waals surface area contributed by atoms with Crippen molar-refractivity contribution in [2.24, 2.45) is 0 Å². The number of carboxylic acid groups (broad SMARTS) is 1. The van der Waals surface area contributed by atoms with E-state index in [1.807, 2.05) is 37.4 Å². The quantitative estimate of drug-likeness (QED) is 0.693. The van der Waals surface area contributed by atoms with Crippen LogP contribution >= 0.6 is 0 Å². The molecule has 4 heteroatoms. The van der Waals surface area contributed by atoms with Crippen LogP contribution in [0.1, 0.15) is 16.1 Å². The van der Waals surface area contributed by atoms with Crippen molar-refractivity contribution in [3.63, 3.8) is 0 Å². The molecule has 2 aromatic heterocycles. The van der Waals surface area contributed by atoms with Crippen molar-refractivity contribution in [3.8, 4) is 0 Å². The maximum Gasteiger partial charge on any atom is 0.356 e. The van der Waals surface area contributed by atoms with Gasteiger partial charge in [0, 0.05) is 17.8 Å². The van der Waals surface area contributed by atoms with E-state index in [0.717, 1.165) is 16.3 Å². The lowest BCUT2D eigenvalue weighted by Crippen LogP contribution is -1.95. The molecule has 84 valence electrons. The van der Waals surface area contributed by atoms with E-state index < -0.39 is 5.97 Å². The lowest BCUT2D eigenvalue weighted by molar-refractivity contribution is 0.0691. The first-order valence-electron chi connectivity index (χ1n) is 5.27. The summed E-state index contributed by atoms with van der Waals surface area (Å²) in [6.45, 7) is 2.00. The lowest BCUT2D eigenvalue weighted by Gasteiger charge is -2.03. The van der Waals surface area contributed by atoms with Crippen LogP contribution in [0.25, 0.3) is 16.4 Å². The number of nitrogens with zero attached hydrogens (tertiary/aromatic N) is 2. The summed E-state index contributed by atoms with van der Waals surface area (Å²) in [5.41, 5.74) is 1.86. The highest BCUT2D eigenvalue weighted by atomic mass is 16.4. The fraction of sp³-hybridized carbons (Fsp3) is 0.0769. The van der Waals surface area contributed by atoms with Gasteiger partial charge in [-0.2, -0.15) is 0 Å². The van der Waals surface area contributed by atoms with E-state index in [2.05, 4.69) is 4.98 Å². The van der Waals surface area contributed by atoms with Crippen molar-refractivity contribution in [1.82, 2.24) is 9.38 Å². The number of aryl methyl sites for hydroxylation is 1. The third kappa shape index (κ3) is 1.38. The van der Waals surface area contributed by atoms with Gasteiger partial charge in [0.1, 0.15) is 5.65 Å². The van der Waals surface area contributed by atoms with Gasteiger partial charge < -0.3 is 9.51 Å². The molecule has 17 heavy (non-hydrogen) atoms. The van der Waals surface area contributed by atoms with Crippen LogP contribution in [0.2, 0.25) is 0 Å². The Labute approximate surface area is 97.1 Å². The predicted octanol–water partition coefficient (Wildman–Crippen LogP) is 2.49. The summed E-state index contributed by atoms with van der Waals surface area (Å²) in [5.74, 6) is -1.00. The van der Waals surface area contributed by atoms with Gasteiger partial charge in [-0.1, -0.05) is 18.2 Å². The number of hydrogen-bond donors (Lipinski definition) is 1. The second kappa shape index (κ2) is 3.31. The molecule has 0 aliphatic rings. The van der Waals surface area contributed by atoms with Crippen molar-refractivity contribution in [2.45, 2.75) is 6.92 Å². The summed E-state index contributed by atoms with van der Waals surface area (Å²) in [7, 11) is 0. The fourth-order valence-electron chi connectivity index (χ4n) is 2.09. The number of imidazole rings is 1. The molecule has 0 spiro atoms. The summed E-state index contributed by atoms with van der Waals surface area (Å²) in [6.07, 6.45) is 3.36. The molecule has 0 radical (unpaired) electrons. The fourth-order valence-corrected chi connectivity index (χ4v) is 2.09. The van der Waals surface area contributed by atoms with Crippen LogP contribution in [0, 0.1) is 6.92 Å². The predicted molar refractivity (Wildman–Crippen MR) is 64.4 cm³/mol. The van der Waals surface area contributed by atoms with Gasteiger partial charge in [0.15, 0.2) is 5.69 Å². The SMILES string of the molecule is Cc1cccc2ccn3cc(C(=O)O)nc3c12. The van der Waals surface area contributed by atoms with Crippen LogP contribution in [0.3, 0.4) is 0 Å². The summed E-state index contributed by atoms with van der Waals surface area (Å²) in [5, 5.41) is 11.0. The van der Waals surface area contributed by atoms with Gasteiger partial charge >= 0.3 is 5.97 Å². The number of aromatic nitrogens is 2. The van der Waals surface area contributed by atoms with Crippen molar-refractivity contribution in [2.75, 3.05) is 0 Å². The summed E-state index contributed by atoms with van der Waals surface area (Å²) in [4.78, 5) is 15.1. The number of benzene rings is 1. The van der Waals surface area contributed by atoms with E-state index in [1.165, 1.54) is 6.20 Å². The van der Waals surface area contributed by atoms with Gasteiger partial charge in [-0.3, -0.25) is 0 Å². The molecule has 0 amide bonds. The van der Waals surface area contributed by atoms with E-state index in [-0.39, 0.29) is 5.69 Å². The van der Waals surface area contributed by atoms with Crippen molar-refractivity contribution >= 4 is 22.4 Å². The Morgan fingerprint density at radius 2 is 2.18 bits per heavy atom. The lowest BCUT2D eigenvalue weighted by atomic mass is 10.1. The van der Waals surface area contributed by atoms with Crippen LogP contribution in [0.5, 0.6) is 0 Å². The number of rotatable bonds is 1. The monoisotopic (exact) mass is 226 g/mol. The number of carboxylic acids is 1. The molecule has 1 N–H and O–H groups in total. The van der Waals surface area contributed by atoms with Crippen molar-refractivity contribution in [3.05, 3.63) is 47.9 Å².